The second-order valence-electron chi connectivity index (χ2n) is 8.14. The Bertz CT molecular complexity index is 1280. The van der Waals surface area contributed by atoms with Gasteiger partial charge in [-0.15, -0.1) is 0 Å². The maximum absolute atomic E-state index is 13.0. The molecule has 0 aliphatic carbocycles. The van der Waals surface area contributed by atoms with Crippen LogP contribution in [0.15, 0.2) is 66.7 Å². The highest BCUT2D eigenvalue weighted by molar-refractivity contribution is 6.05. The molecule has 1 saturated heterocycles. The van der Waals surface area contributed by atoms with Gasteiger partial charge in [-0.05, 0) is 24.4 Å². The van der Waals surface area contributed by atoms with Gasteiger partial charge in [0.05, 0.1) is 11.6 Å². The van der Waals surface area contributed by atoms with E-state index in [-0.39, 0.29) is 17.9 Å². The normalized spacial score (nSPS) is 15.7. The fourth-order valence-electron chi connectivity index (χ4n) is 4.33. The average molecular weight is 428 g/mol. The Balaban J connectivity index is 1.23. The van der Waals surface area contributed by atoms with Crippen LogP contribution in [0.2, 0.25) is 0 Å². The van der Waals surface area contributed by atoms with Crippen molar-refractivity contribution in [2.45, 2.75) is 13.0 Å². The second-order valence-corrected chi connectivity index (χ2v) is 8.14. The van der Waals surface area contributed by atoms with Gasteiger partial charge in [0, 0.05) is 42.6 Å². The van der Waals surface area contributed by atoms with E-state index in [9.17, 15) is 9.59 Å². The van der Waals surface area contributed by atoms with Gasteiger partial charge in [0.25, 0.3) is 5.91 Å². The largest absolute Gasteiger partial charge is 0.335 e. The molecule has 0 radical (unpaired) electrons. The minimum atomic E-state index is -0.294. The molecule has 3 aromatic carbocycles. The Morgan fingerprint density at radius 3 is 2.41 bits per heavy atom. The summed E-state index contributed by atoms with van der Waals surface area (Å²) in [4.78, 5) is 29.9. The molecule has 32 heavy (non-hydrogen) atoms. The van der Waals surface area contributed by atoms with Crippen LogP contribution in [0.4, 0.5) is 5.69 Å². The molecular formula is C25H25N5O2. The number of benzene rings is 3. The lowest BCUT2D eigenvalue weighted by molar-refractivity contribution is -0.121. The van der Waals surface area contributed by atoms with E-state index >= 15 is 0 Å². The third-order valence-electron chi connectivity index (χ3n) is 6.25. The van der Waals surface area contributed by atoms with Crippen LogP contribution in [0.1, 0.15) is 17.4 Å². The van der Waals surface area contributed by atoms with Crippen LogP contribution in [0.3, 0.4) is 0 Å². The highest BCUT2D eigenvalue weighted by Crippen LogP contribution is 2.24. The molecule has 1 atom stereocenters. The third kappa shape index (κ3) is 3.71. The van der Waals surface area contributed by atoms with Gasteiger partial charge in [0.2, 0.25) is 5.91 Å². The quantitative estimate of drug-likeness (QED) is 0.522. The monoisotopic (exact) mass is 427 g/mol. The predicted molar refractivity (Wildman–Crippen MR) is 126 cm³/mol. The number of anilines is 1. The smallest absolute Gasteiger partial charge is 0.275 e. The minimum absolute atomic E-state index is 0.0422. The molecule has 7 heteroatoms. The molecule has 2 amide bonds. The topological polar surface area (TPSA) is 81.3 Å². The number of para-hydroxylation sites is 1. The Morgan fingerprint density at radius 1 is 0.906 bits per heavy atom. The molecule has 5 rings (SSSR count). The predicted octanol–water partition coefficient (Wildman–Crippen LogP) is 3.50. The summed E-state index contributed by atoms with van der Waals surface area (Å²) in [7, 11) is 0. The maximum atomic E-state index is 13.0. The fraction of sp³-hybridized carbons (Fsp3) is 0.240. The molecule has 162 valence electrons. The van der Waals surface area contributed by atoms with Crippen LogP contribution in [-0.4, -0.2) is 64.0 Å². The summed E-state index contributed by atoms with van der Waals surface area (Å²) in [5.41, 5.74) is 2.13. The van der Waals surface area contributed by atoms with Crippen LogP contribution in [0.5, 0.6) is 0 Å². The first-order valence-electron chi connectivity index (χ1n) is 10.9. The first kappa shape index (κ1) is 20.2. The van der Waals surface area contributed by atoms with E-state index in [1.54, 1.807) is 0 Å². The number of aromatic amines is 1. The number of nitrogens with zero attached hydrogens (tertiary/aromatic N) is 3. The Hall–Kier alpha value is -3.71. The lowest BCUT2D eigenvalue weighted by atomic mass is 10.1. The van der Waals surface area contributed by atoms with Crippen LogP contribution in [0, 0.1) is 0 Å². The lowest BCUT2D eigenvalue weighted by Gasteiger charge is -2.37. The van der Waals surface area contributed by atoms with Gasteiger partial charge < -0.3 is 10.2 Å². The minimum Gasteiger partial charge on any atom is -0.335 e. The number of hydrogen-bond donors (Lipinski definition) is 2. The molecule has 1 aliphatic rings. The molecule has 0 spiro atoms. The van der Waals surface area contributed by atoms with E-state index in [0.717, 1.165) is 27.4 Å². The van der Waals surface area contributed by atoms with Crippen molar-refractivity contribution in [2.75, 3.05) is 31.5 Å². The SMILES string of the molecule is CC(C(=O)Nc1cccc2ccccc12)N1CCN(C(=O)c2n[nH]c3ccccc23)CC1. The molecule has 1 fully saturated rings. The van der Waals surface area contributed by atoms with Crippen LogP contribution >= 0.6 is 0 Å². The van der Waals surface area contributed by atoms with Crippen molar-refractivity contribution in [1.29, 1.82) is 0 Å². The van der Waals surface area contributed by atoms with Crippen molar-refractivity contribution in [3.05, 3.63) is 72.4 Å². The van der Waals surface area contributed by atoms with E-state index in [4.69, 9.17) is 0 Å². The molecule has 2 heterocycles. The van der Waals surface area contributed by atoms with Gasteiger partial charge in [0.1, 0.15) is 0 Å². The van der Waals surface area contributed by atoms with Crippen molar-refractivity contribution >= 4 is 39.2 Å². The molecule has 4 aromatic rings. The van der Waals surface area contributed by atoms with Crippen LogP contribution in [-0.2, 0) is 4.79 Å². The molecule has 1 aliphatic heterocycles. The highest BCUT2D eigenvalue weighted by Gasteiger charge is 2.29. The van der Waals surface area contributed by atoms with E-state index < -0.39 is 0 Å². The van der Waals surface area contributed by atoms with Gasteiger partial charge in [-0.2, -0.15) is 5.10 Å². The number of H-pyrrole nitrogens is 1. The number of fused-ring (bicyclic) bond motifs is 2. The number of aromatic nitrogens is 2. The van der Waals surface area contributed by atoms with Gasteiger partial charge in [-0.1, -0.05) is 54.6 Å². The number of nitrogens with one attached hydrogen (secondary N) is 2. The van der Waals surface area contributed by atoms with Crippen molar-refractivity contribution in [3.8, 4) is 0 Å². The summed E-state index contributed by atoms with van der Waals surface area (Å²) in [6.07, 6.45) is 0. The van der Waals surface area contributed by atoms with Crippen molar-refractivity contribution in [1.82, 2.24) is 20.0 Å². The third-order valence-corrected chi connectivity index (χ3v) is 6.25. The number of hydrogen-bond acceptors (Lipinski definition) is 4. The summed E-state index contributed by atoms with van der Waals surface area (Å²) in [5.74, 6) is -0.116. The fourth-order valence-corrected chi connectivity index (χ4v) is 4.33. The Morgan fingerprint density at radius 2 is 1.59 bits per heavy atom. The Labute approximate surface area is 186 Å². The first-order valence-corrected chi connectivity index (χ1v) is 10.9. The van der Waals surface area contributed by atoms with E-state index in [1.165, 1.54) is 0 Å². The Kier molecular flexibility index (Phi) is 5.33. The van der Waals surface area contributed by atoms with Crippen molar-refractivity contribution in [3.63, 3.8) is 0 Å². The molecule has 7 nitrogen and oxygen atoms in total. The second kappa shape index (κ2) is 8.43. The van der Waals surface area contributed by atoms with Gasteiger partial charge >= 0.3 is 0 Å². The summed E-state index contributed by atoms with van der Waals surface area (Å²) < 4.78 is 0. The molecule has 0 bridgehead atoms. The first-order chi connectivity index (χ1) is 15.6. The number of amides is 2. The van der Waals surface area contributed by atoms with Crippen molar-refractivity contribution in [2.24, 2.45) is 0 Å². The van der Waals surface area contributed by atoms with Gasteiger partial charge in [-0.3, -0.25) is 19.6 Å². The molecule has 1 unspecified atom stereocenters. The zero-order chi connectivity index (χ0) is 22.1. The molecular weight excluding hydrogens is 402 g/mol. The van der Waals surface area contributed by atoms with E-state index in [1.807, 2.05) is 78.6 Å². The summed E-state index contributed by atoms with van der Waals surface area (Å²) in [6, 6.07) is 21.3. The zero-order valence-corrected chi connectivity index (χ0v) is 17.9. The zero-order valence-electron chi connectivity index (χ0n) is 17.9. The number of carbonyl (C=O) groups excluding carboxylic acids is 2. The molecule has 1 aromatic heterocycles. The van der Waals surface area contributed by atoms with Gasteiger partial charge in [-0.25, -0.2) is 0 Å². The summed E-state index contributed by atoms with van der Waals surface area (Å²) >= 11 is 0. The number of rotatable bonds is 4. The van der Waals surface area contributed by atoms with E-state index in [2.05, 4.69) is 20.4 Å². The summed E-state index contributed by atoms with van der Waals surface area (Å²) in [6.45, 7) is 4.31. The van der Waals surface area contributed by atoms with Gasteiger partial charge in [0.15, 0.2) is 5.69 Å². The van der Waals surface area contributed by atoms with Crippen LogP contribution in [0.25, 0.3) is 21.7 Å². The number of carbonyl (C=O) groups is 2. The van der Waals surface area contributed by atoms with E-state index in [0.29, 0.717) is 31.9 Å². The van der Waals surface area contributed by atoms with Crippen LogP contribution < -0.4 is 5.32 Å². The standard InChI is InChI=1S/C25H25N5O2/c1-17(24(31)26-21-12-6-8-18-7-2-3-9-19(18)21)29-13-15-30(16-14-29)25(32)23-20-10-4-5-11-22(20)27-28-23/h2-12,17H,13-16H2,1H3,(H,26,31)(H,27,28). The summed E-state index contributed by atoms with van der Waals surface area (Å²) in [5, 5.41) is 13.2. The molecule has 2 N–H and O–H groups in total. The average Bonchev–Trinajstić information content (AvgIpc) is 3.27. The highest BCUT2D eigenvalue weighted by atomic mass is 16.2. The molecule has 0 saturated carbocycles. The maximum Gasteiger partial charge on any atom is 0.275 e. The lowest BCUT2D eigenvalue weighted by Crippen LogP contribution is -2.54. The van der Waals surface area contributed by atoms with Crippen molar-refractivity contribution < 1.29 is 9.59 Å². The number of piperazine rings is 1.